The van der Waals surface area contributed by atoms with Gasteiger partial charge in [-0.15, -0.1) is 0 Å². The Labute approximate surface area is 111 Å². The van der Waals surface area contributed by atoms with Gasteiger partial charge in [0.05, 0.1) is 5.41 Å². The molecule has 1 N–H and O–H groups in total. The van der Waals surface area contributed by atoms with Crippen LogP contribution < -0.4 is 0 Å². The highest BCUT2D eigenvalue weighted by atomic mass is 16.5. The third-order valence-corrected chi connectivity index (χ3v) is 4.15. The molecule has 3 heteroatoms. The van der Waals surface area contributed by atoms with Crippen molar-refractivity contribution in [1.82, 2.24) is 0 Å². The number of carboxylic acid groups (broad SMARTS) is 1. The zero-order valence-corrected chi connectivity index (χ0v) is 12.1. The molecule has 18 heavy (non-hydrogen) atoms. The van der Waals surface area contributed by atoms with E-state index in [1.165, 1.54) is 6.42 Å². The van der Waals surface area contributed by atoms with Crippen molar-refractivity contribution in [2.75, 3.05) is 13.2 Å². The summed E-state index contributed by atoms with van der Waals surface area (Å²) in [7, 11) is 0. The van der Waals surface area contributed by atoms with Crippen LogP contribution in [-0.4, -0.2) is 24.3 Å². The Morgan fingerprint density at radius 3 is 2.78 bits per heavy atom. The van der Waals surface area contributed by atoms with E-state index in [0.29, 0.717) is 24.9 Å². The van der Waals surface area contributed by atoms with E-state index in [0.717, 1.165) is 32.3 Å². The lowest BCUT2D eigenvalue weighted by Gasteiger charge is -2.37. The quantitative estimate of drug-likeness (QED) is 0.706. The van der Waals surface area contributed by atoms with E-state index in [-0.39, 0.29) is 0 Å². The van der Waals surface area contributed by atoms with Gasteiger partial charge < -0.3 is 9.84 Å². The lowest BCUT2D eigenvalue weighted by molar-refractivity contribution is -0.154. The molecule has 0 aromatic carbocycles. The van der Waals surface area contributed by atoms with Crippen molar-refractivity contribution >= 4 is 5.97 Å². The predicted molar refractivity (Wildman–Crippen MR) is 72.6 cm³/mol. The smallest absolute Gasteiger partial charge is 0.309 e. The zero-order valence-electron chi connectivity index (χ0n) is 12.1. The Hall–Kier alpha value is -0.570. The molecule has 0 bridgehead atoms. The molecule has 1 fully saturated rings. The fourth-order valence-corrected chi connectivity index (χ4v) is 2.95. The topological polar surface area (TPSA) is 46.5 Å². The summed E-state index contributed by atoms with van der Waals surface area (Å²) in [6, 6.07) is 0. The monoisotopic (exact) mass is 256 g/mol. The first-order valence-corrected chi connectivity index (χ1v) is 7.31. The summed E-state index contributed by atoms with van der Waals surface area (Å²) < 4.78 is 5.58. The van der Waals surface area contributed by atoms with Crippen molar-refractivity contribution in [2.24, 2.45) is 17.3 Å². The number of carbonyl (C=O) groups is 1. The maximum Gasteiger partial charge on any atom is 0.309 e. The summed E-state index contributed by atoms with van der Waals surface area (Å²) in [5, 5.41) is 9.56. The average molecular weight is 256 g/mol. The first-order chi connectivity index (χ1) is 8.50. The molecule has 3 nitrogen and oxygen atoms in total. The number of aliphatic carboxylic acids is 1. The second-order valence-corrected chi connectivity index (χ2v) is 6.17. The molecule has 2 unspecified atom stereocenters. The van der Waals surface area contributed by atoms with Gasteiger partial charge in [-0.1, -0.05) is 40.0 Å². The highest BCUT2D eigenvalue weighted by Crippen LogP contribution is 2.43. The molecule has 2 atom stereocenters. The maximum absolute atomic E-state index is 11.6. The van der Waals surface area contributed by atoms with Crippen LogP contribution in [0.25, 0.3) is 0 Å². The fraction of sp³-hybridized carbons (Fsp3) is 0.933. The SMILES string of the molecule is CCC1CCCC(CCOCC(C)C)(C(=O)O)C1. The van der Waals surface area contributed by atoms with Gasteiger partial charge in [-0.2, -0.15) is 0 Å². The summed E-state index contributed by atoms with van der Waals surface area (Å²) in [6.45, 7) is 7.70. The first-order valence-electron chi connectivity index (χ1n) is 7.31. The van der Waals surface area contributed by atoms with Gasteiger partial charge in [0.15, 0.2) is 0 Å². The van der Waals surface area contributed by atoms with E-state index in [4.69, 9.17) is 4.74 Å². The average Bonchev–Trinajstić information content (AvgIpc) is 2.34. The molecule has 0 radical (unpaired) electrons. The van der Waals surface area contributed by atoms with Gasteiger partial charge in [-0.25, -0.2) is 0 Å². The van der Waals surface area contributed by atoms with Crippen LogP contribution in [0.15, 0.2) is 0 Å². The Morgan fingerprint density at radius 1 is 1.50 bits per heavy atom. The van der Waals surface area contributed by atoms with Crippen LogP contribution in [0.1, 0.15) is 59.3 Å². The van der Waals surface area contributed by atoms with Crippen molar-refractivity contribution < 1.29 is 14.6 Å². The van der Waals surface area contributed by atoms with E-state index in [9.17, 15) is 9.90 Å². The Kier molecular flexibility index (Phi) is 6.13. The van der Waals surface area contributed by atoms with Crippen LogP contribution in [0, 0.1) is 17.3 Å². The van der Waals surface area contributed by atoms with Gasteiger partial charge in [-0.3, -0.25) is 4.79 Å². The minimum Gasteiger partial charge on any atom is -0.481 e. The zero-order chi connectivity index (χ0) is 13.6. The van der Waals surface area contributed by atoms with Gasteiger partial charge in [0.25, 0.3) is 0 Å². The van der Waals surface area contributed by atoms with Gasteiger partial charge in [0.1, 0.15) is 0 Å². The lowest BCUT2D eigenvalue weighted by Crippen LogP contribution is -2.37. The Balaban J connectivity index is 2.50. The highest BCUT2D eigenvalue weighted by Gasteiger charge is 2.41. The summed E-state index contributed by atoms with van der Waals surface area (Å²) in [5.74, 6) is 0.481. The molecule has 0 aliphatic heterocycles. The van der Waals surface area contributed by atoms with Crippen LogP contribution in [0.3, 0.4) is 0 Å². The van der Waals surface area contributed by atoms with Crippen LogP contribution in [-0.2, 0) is 9.53 Å². The minimum absolute atomic E-state index is 0.514. The van der Waals surface area contributed by atoms with E-state index >= 15 is 0 Å². The largest absolute Gasteiger partial charge is 0.481 e. The van der Waals surface area contributed by atoms with Crippen molar-refractivity contribution in [2.45, 2.75) is 59.3 Å². The summed E-state index contributed by atoms with van der Waals surface area (Å²) in [5.41, 5.74) is -0.518. The number of ether oxygens (including phenoxy) is 1. The molecule has 1 aliphatic carbocycles. The second-order valence-electron chi connectivity index (χ2n) is 6.17. The molecule has 1 rings (SSSR count). The van der Waals surface area contributed by atoms with Crippen LogP contribution >= 0.6 is 0 Å². The number of rotatable bonds is 7. The van der Waals surface area contributed by atoms with Crippen LogP contribution in [0.4, 0.5) is 0 Å². The maximum atomic E-state index is 11.6. The lowest BCUT2D eigenvalue weighted by atomic mass is 9.67. The highest BCUT2D eigenvalue weighted by molar-refractivity contribution is 5.74. The third kappa shape index (κ3) is 4.27. The van der Waals surface area contributed by atoms with E-state index in [1.54, 1.807) is 0 Å². The predicted octanol–water partition coefficient (Wildman–Crippen LogP) is 3.72. The summed E-state index contributed by atoms with van der Waals surface area (Å²) in [4.78, 5) is 11.6. The molecule has 0 aromatic rings. The summed E-state index contributed by atoms with van der Waals surface area (Å²) >= 11 is 0. The Morgan fingerprint density at radius 2 is 2.22 bits per heavy atom. The minimum atomic E-state index is -0.617. The molecular formula is C15H28O3. The molecular weight excluding hydrogens is 228 g/mol. The molecule has 1 aliphatic rings. The van der Waals surface area contributed by atoms with Crippen molar-refractivity contribution in [3.8, 4) is 0 Å². The van der Waals surface area contributed by atoms with Gasteiger partial charge in [0.2, 0.25) is 0 Å². The second kappa shape index (κ2) is 7.13. The van der Waals surface area contributed by atoms with Crippen LogP contribution in [0.5, 0.6) is 0 Å². The number of carboxylic acids is 1. The molecule has 0 aromatic heterocycles. The van der Waals surface area contributed by atoms with Gasteiger partial charge >= 0.3 is 5.97 Å². The fourth-order valence-electron chi connectivity index (χ4n) is 2.95. The van der Waals surface area contributed by atoms with Crippen molar-refractivity contribution in [3.63, 3.8) is 0 Å². The normalized spacial score (nSPS) is 28.6. The molecule has 0 saturated heterocycles. The molecule has 106 valence electrons. The number of hydrogen-bond acceptors (Lipinski definition) is 2. The van der Waals surface area contributed by atoms with Crippen molar-refractivity contribution in [3.05, 3.63) is 0 Å². The van der Waals surface area contributed by atoms with E-state index < -0.39 is 11.4 Å². The third-order valence-electron chi connectivity index (χ3n) is 4.15. The standard InChI is InChI=1S/C15H28O3/c1-4-13-6-5-7-15(10-13,14(16)17)8-9-18-11-12(2)3/h12-13H,4-11H2,1-3H3,(H,16,17). The Bertz CT molecular complexity index is 262. The molecule has 0 heterocycles. The van der Waals surface area contributed by atoms with E-state index in [2.05, 4.69) is 20.8 Å². The first kappa shape index (κ1) is 15.5. The van der Waals surface area contributed by atoms with Gasteiger partial charge in [-0.05, 0) is 31.1 Å². The van der Waals surface area contributed by atoms with E-state index in [1.807, 2.05) is 0 Å². The molecule has 1 saturated carbocycles. The molecule has 0 spiro atoms. The van der Waals surface area contributed by atoms with Crippen molar-refractivity contribution in [1.29, 1.82) is 0 Å². The van der Waals surface area contributed by atoms with Crippen LogP contribution in [0.2, 0.25) is 0 Å². The van der Waals surface area contributed by atoms with Gasteiger partial charge in [0, 0.05) is 13.2 Å². The number of hydrogen-bond donors (Lipinski definition) is 1. The molecule has 0 amide bonds. The summed E-state index contributed by atoms with van der Waals surface area (Å²) in [6.07, 6.45) is 5.68.